The van der Waals surface area contributed by atoms with Gasteiger partial charge in [-0.15, -0.1) is 0 Å². The van der Waals surface area contributed by atoms with Gasteiger partial charge in [0.05, 0.1) is 5.56 Å². The molecular formula is C18H25F3N2O2S. The summed E-state index contributed by atoms with van der Waals surface area (Å²) >= 11 is 0. The van der Waals surface area contributed by atoms with Crippen LogP contribution < -0.4 is 4.72 Å². The highest BCUT2D eigenvalue weighted by Gasteiger charge is 2.39. The van der Waals surface area contributed by atoms with Gasteiger partial charge in [0, 0.05) is 25.0 Å². The molecule has 1 saturated carbocycles. The lowest BCUT2D eigenvalue weighted by Crippen LogP contribution is -2.47. The molecule has 1 heterocycles. The van der Waals surface area contributed by atoms with Crippen LogP contribution in [0.2, 0.25) is 0 Å². The Hall–Kier alpha value is -1.12. The van der Waals surface area contributed by atoms with E-state index in [9.17, 15) is 21.6 Å². The Kier molecular flexibility index (Phi) is 5.65. The molecule has 0 aromatic heterocycles. The van der Waals surface area contributed by atoms with E-state index < -0.39 is 27.4 Å². The van der Waals surface area contributed by atoms with Crippen molar-refractivity contribution in [1.29, 1.82) is 0 Å². The van der Waals surface area contributed by atoms with Crippen LogP contribution in [0.3, 0.4) is 0 Å². The summed E-state index contributed by atoms with van der Waals surface area (Å²) in [5, 5.41) is 0. The van der Waals surface area contributed by atoms with Crippen molar-refractivity contribution < 1.29 is 21.6 Å². The van der Waals surface area contributed by atoms with E-state index in [-0.39, 0.29) is 6.54 Å². The highest BCUT2D eigenvalue weighted by molar-refractivity contribution is 7.87. The number of rotatable bonds is 5. The topological polar surface area (TPSA) is 49.4 Å². The second kappa shape index (κ2) is 7.48. The standard InChI is InChI=1S/C18H25F3N2O2S/c19-18(20,21)16-8-6-7-15(13-16)17(9-2-3-10-17)14-22-26(24,25)23-11-4-1-5-12-23/h6-8,13,22H,1-5,9-12,14H2. The van der Waals surface area contributed by atoms with E-state index in [2.05, 4.69) is 4.72 Å². The Morgan fingerprint density at radius 1 is 1.04 bits per heavy atom. The lowest BCUT2D eigenvalue weighted by molar-refractivity contribution is -0.137. The molecule has 1 N–H and O–H groups in total. The Bertz CT molecular complexity index is 722. The largest absolute Gasteiger partial charge is 0.416 e. The van der Waals surface area contributed by atoms with Crippen LogP contribution in [-0.4, -0.2) is 32.4 Å². The summed E-state index contributed by atoms with van der Waals surface area (Å²) in [6, 6.07) is 5.34. The number of halogens is 3. The van der Waals surface area contributed by atoms with Gasteiger partial charge in [0.1, 0.15) is 0 Å². The van der Waals surface area contributed by atoms with Gasteiger partial charge in [-0.25, -0.2) is 4.72 Å². The molecule has 2 fully saturated rings. The van der Waals surface area contributed by atoms with Crippen LogP contribution in [0, 0.1) is 0 Å². The zero-order chi connectivity index (χ0) is 18.8. The lowest BCUT2D eigenvalue weighted by Gasteiger charge is -2.33. The first-order chi connectivity index (χ1) is 12.2. The minimum Gasteiger partial charge on any atom is -0.201 e. The Labute approximate surface area is 153 Å². The van der Waals surface area contributed by atoms with Crippen molar-refractivity contribution in [3.8, 4) is 0 Å². The zero-order valence-electron chi connectivity index (χ0n) is 14.7. The van der Waals surface area contributed by atoms with E-state index in [0.29, 0.717) is 31.5 Å². The van der Waals surface area contributed by atoms with Crippen molar-refractivity contribution in [3.63, 3.8) is 0 Å². The van der Waals surface area contributed by atoms with Crippen molar-refractivity contribution in [2.24, 2.45) is 0 Å². The second-order valence-corrected chi connectivity index (χ2v) is 9.11. The molecule has 0 amide bonds. The predicted octanol–water partition coefficient (Wildman–Crippen LogP) is 3.84. The van der Waals surface area contributed by atoms with E-state index in [1.807, 2.05) is 0 Å². The Morgan fingerprint density at radius 3 is 2.31 bits per heavy atom. The first-order valence-electron chi connectivity index (χ1n) is 9.16. The molecule has 8 heteroatoms. The van der Waals surface area contributed by atoms with Crippen molar-refractivity contribution in [3.05, 3.63) is 35.4 Å². The second-order valence-electron chi connectivity index (χ2n) is 7.35. The van der Waals surface area contributed by atoms with Crippen molar-refractivity contribution in [2.75, 3.05) is 19.6 Å². The number of nitrogens with one attached hydrogen (secondary N) is 1. The van der Waals surface area contributed by atoms with Gasteiger partial charge in [-0.3, -0.25) is 0 Å². The van der Waals surface area contributed by atoms with Crippen LogP contribution in [-0.2, 0) is 21.8 Å². The van der Waals surface area contributed by atoms with E-state index in [0.717, 1.165) is 38.2 Å². The van der Waals surface area contributed by atoms with Gasteiger partial charge in [0.2, 0.25) is 0 Å². The Morgan fingerprint density at radius 2 is 1.69 bits per heavy atom. The van der Waals surface area contributed by atoms with Crippen LogP contribution in [0.15, 0.2) is 24.3 Å². The number of hydrogen-bond acceptors (Lipinski definition) is 2. The van der Waals surface area contributed by atoms with Crippen LogP contribution in [0.1, 0.15) is 56.1 Å². The fourth-order valence-electron chi connectivity index (χ4n) is 4.07. The third kappa shape index (κ3) is 4.23. The number of piperidine rings is 1. The van der Waals surface area contributed by atoms with Crippen molar-refractivity contribution in [1.82, 2.24) is 9.03 Å². The maximum Gasteiger partial charge on any atom is 0.416 e. The van der Waals surface area contributed by atoms with E-state index in [4.69, 9.17) is 0 Å². The summed E-state index contributed by atoms with van der Waals surface area (Å²) in [5.41, 5.74) is -0.671. The quantitative estimate of drug-likeness (QED) is 0.831. The average Bonchev–Trinajstić information content (AvgIpc) is 3.11. The van der Waals surface area contributed by atoms with Gasteiger partial charge in [0.15, 0.2) is 0 Å². The molecule has 0 atom stereocenters. The average molecular weight is 390 g/mol. The van der Waals surface area contributed by atoms with Gasteiger partial charge in [0.25, 0.3) is 10.2 Å². The summed E-state index contributed by atoms with van der Waals surface area (Å²) in [6.45, 7) is 1.16. The van der Waals surface area contributed by atoms with Crippen LogP contribution >= 0.6 is 0 Å². The summed E-state index contributed by atoms with van der Waals surface area (Å²) in [5.74, 6) is 0. The highest BCUT2D eigenvalue weighted by Crippen LogP contribution is 2.42. The normalized spacial score (nSPS) is 21.8. The monoisotopic (exact) mass is 390 g/mol. The SMILES string of the molecule is O=S(=O)(NCC1(c2cccc(C(F)(F)F)c2)CCCC1)N1CCCCC1. The number of benzene rings is 1. The molecule has 1 aliphatic carbocycles. The molecule has 1 aromatic rings. The number of nitrogens with zero attached hydrogens (tertiary/aromatic N) is 1. The minimum atomic E-state index is -4.40. The third-order valence-electron chi connectivity index (χ3n) is 5.61. The minimum absolute atomic E-state index is 0.146. The maximum atomic E-state index is 13.1. The predicted molar refractivity (Wildman–Crippen MR) is 93.9 cm³/mol. The summed E-state index contributed by atoms with van der Waals surface area (Å²) in [4.78, 5) is 0. The lowest BCUT2D eigenvalue weighted by atomic mass is 9.78. The summed E-state index contributed by atoms with van der Waals surface area (Å²) in [6.07, 6.45) is 1.49. The molecule has 3 rings (SSSR count). The van der Waals surface area contributed by atoms with E-state index in [1.165, 1.54) is 16.4 Å². The summed E-state index contributed by atoms with van der Waals surface area (Å²) < 4.78 is 68.5. The molecule has 0 unspecified atom stereocenters. The molecule has 4 nitrogen and oxygen atoms in total. The van der Waals surface area contributed by atoms with Crippen molar-refractivity contribution in [2.45, 2.75) is 56.5 Å². The first kappa shape index (κ1) is 19.6. The van der Waals surface area contributed by atoms with Crippen LogP contribution in [0.25, 0.3) is 0 Å². The fraction of sp³-hybridized carbons (Fsp3) is 0.667. The van der Waals surface area contributed by atoms with Gasteiger partial charge < -0.3 is 0 Å². The third-order valence-corrected chi connectivity index (χ3v) is 7.16. The first-order valence-corrected chi connectivity index (χ1v) is 10.6. The van der Waals surface area contributed by atoms with E-state index in [1.54, 1.807) is 6.07 Å². The van der Waals surface area contributed by atoms with Crippen LogP contribution in [0.4, 0.5) is 13.2 Å². The molecule has 0 spiro atoms. The molecule has 146 valence electrons. The van der Waals surface area contributed by atoms with Crippen LogP contribution in [0.5, 0.6) is 0 Å². The maximum absolute atomic E-state index is 13.1. The summed E-state index contributed by atoms with van der Waals surface area (Å²) in [7, 11) is -3.59. The van der Waals surface area contributed by atoms with Gasteiger partial charge in [-0.05, 0) is 37.3 Å². The molecule has 1 saturated heterocycles. The van der Waals surface area contributed by atoms with Gasteiger partial charge >= 0.3 is 6.18 Å². The van der Waals surface area contributed by atoms with Gasteiger partial charge in [-0.1, -0.05) is 37.5 Å². The van der Waals surface area contributed by atoms with Gasteiger partial charge in [-0.2, -0.15) is 25.9 Å². The molecule has 0 radical (unpaired) electrons. The molecule has 26 heavy (non-hydrogen) atoms. The molecule has 0 bridgehead atoms. The zero-order valence-corrected chi connectivity index (χ0v) is 15.5. The fourth-order valence-corrected chi connectivity index (χ4v) is 5.45. The van der Waals surface area contributed by atoms with E-state index >= 15 is 0 Å². The highest BCUT2D eigenvalue weighted by atomic mass is 32.2. The molecule has 2 aliphatic rings. The number of alkyl halides is 3. The number of hydrogen-bond donors (Lipinski definition) is 1. The molecule has 1 aromatic carbocycles. The smallest absolute Gasteiger partial charge is 0.201 e. The molecule has 1 aliphatic heterocycles. The van der Waals surface area contributed by atoms with Crippen molar-refractivity contribution >= 4 is 10.2 Å². The Balaban J connectivity index is 1.80. The molecular weight excluding hydrogens is 365 g/mol.